The first kappa shape index (κ1) is 15.2. The van der Waals surface area contributed by atoms with E-state index in [1.54, 1.807) is 0 Å². The maximum Gasteiger partial charge on any atom is 0.251 e. The van der Waals surface area contributed by atoms with Crippen molar-refractivity contribution in [1.82, 2.24) is 15.1 Å². The van der Waals surface area contributed by atoms with Crippen LogP contribution in [0.15, 0.2) is 14.9 Å². The summed E-state index contributed by atoms with van der Waals surface area (Å²) in [6.45, 7) is 7.74. The van der Waals surface area contributed by atoms with Crippen LogP contribution in [0.2, 0.25) is 0 Å². The molecule has 2 aromatic heterocycles. The Morgan fingerprint density at radius 3 is 2.77 bits per heavy atom. The lowest BCUT2D eigenvalue weighted by atomic mass is 9.94. The van der Waals surface area contributed by atoms with E-state index in [2.05, 4.69) is 22.0 Å². The normalized spacial score (nSPS) is 23.1. The third kappa shape index (κ3) is 3.08. The lowest BCUT2D eigenvalue weighted by molar-refractivity contribution is 0.0706. The van der Waals surface area contributed by atoms with Crippen molar-refractivity contribution in [2.45, 2.75) is 46.2 Å². The summed E-state index contributed by atoms with van der Waals surface area (Å²) in [6, 6.07) is 2.38. The number of hydrogen-bond donors (Lipinski definition) is 1. The number of aryl methyl sites for hydroxylation is 2. The average Bonchev–Trinajstić information content (AvgIpc) is 3.07. The zero-order valence-electron chi connectivity index (χ0n) is 13.4. The molecule has 120 valence electrons. The summed E-state index contributed by atoms with van der Waals surface area (Å²) in [7, 11) is 0. The summed E-state index contributed by atoms with van der Waals surface area (Å²) in [4.78, 5) is 2.30. The zero-order valence-corrected chi connectivity index (χ0v) is 13.4. The first-order valence-electron chi connectivity index (χ1n) is 7.81. The van der Waals surface area contributed by atoms with Gasteiger partial charge < -0.3 is 13.9 Å². The Balaban J connectivity index is 1.72. The van der Waals surface area contributed by atoms with E-state index in [1.165, 1.54) is 0 Å². The van der Waals surface area contributed by atoms with Crippen LogP contribution in [-0.4, -0.2) is 39.4 Å². The molecule has 0 saturated carbocycles. The zero-order chi connectivity index (χ0) is 15.7. The van der Waals surface area contributed by atoms with Crippen molar-refractivity contribution >= 4 is 0 Å². The predicted molar refractivity (Wildman–Crippen MR) is 81.2 cm³/mol. The minimum Gasteiger partial charge on any atom is -0.466 e. The molecule has 3 rings (SSSR count). The number of nitrogens with zero attached hydrogens (tertiary/aromatic N) is 3. The van der Waals surface area contributed by atoms with Crippen molar-refractivity contribution in [1.29, 1.82) is 0 Å². The van der Waals surface area contributed by atoms with E-state index in [-0.39, 0.29) is 6.61 Å². The van der Waals surface area contributed by atoms with Crippen LogP contribution in [0.5, 0.6) is 0 Å². The summed E-state index contributed by atoms with van der Waals surface area (Å²) in [6.07, 6.45) is 2.17. The molecule has 22 heavy (non-hydrogen) atoms. The number of aliphatic hydroxyl groups excluding tert-OH is 1. The quantitative estimate of drug-likeness (QED) is 0.935. The lowest BCUT2D eigenvalue weighted by Crippen LogP contribution is -2.42. The fraction of sp³-hybridized carbons (Fsp3) is 0.625. The number of aromatic nitrogens is 2. The van der Waals surface area contributed by atoms with Gasteiger partial charge in [-0.1, -0.05) is 0 Å². The molecule has 0 aromatic carbocycles. The van der Waals surface area contributed by atoms with Gasteiger partial charge in [0.05, 0.1) is 12.1 Å². The third-order valence-electron chi connectivity index (χ3n) is 4.44. The van der Waals surface area contributed by atoms with E-state index >= 15 is 0 Å². The molecule has 6 heteroatoms. The molecule has 1 aliphatic rings. The van der Waals surface area contributed by atoms with Crippen LogP contribution < -0.4 is 0 Å². The Hall–Kier alpha value is -1.66. The van der Waals surface area contributed by atoms with E-state index in [4.69, 9.17) is 8.83 Å². The Morgan fingerprint density at radius 1 is 1.27 bits per heavy atom. The second-order valence-corrected chi connectivity index (χ2v) is 6.23. The Labute approximate surface area is 130 Å². The van der Waals surface area contributed by atoms with Crippen LogP contribution >= 0.6 is 0 Å². The van der Waals surface area contributed by atoms with Crippen LogP contribution in [0.3, 0.4) is 0 Å². The van der Waals surface area contributed by atoms with Crippen LogP contribution in [0.1, 0.15) is 37.2 Å². The minimum absolute atomic E-state index is 0.242. The molecule has 2 atom stereocenters. The summed E-state index contributed by atoms with van der Waals surface area (Å²) in [5.41, 5.74) is 0.858. The smallest absolute Gasteiger partial charge is 0.251 e. The van der Waals surface area contributed by atoms with Crippen LogP contribution in [0.25, 0.3) is 11.5 Å². The van der Waals surface area contributed by atoms with Gasteiger partial charge in [0.1, 0.15) is 11.5 Å². The van der Waals surface area contributed by atoms with E-state index < -0.39 is 0 Å². The minimum atomic E-state index is 0.242. The highest BCUT2D eigenvalue weighted by atomic mass is 16.4. The predicted octanol–water partition coefficient (Wildman–Crippen LogP) is 2.54. The summed E-state index contributed by atoms with van der Waals surface area (Å²) < 4.78 is 11.3. The molecule has 1 saturated heterocycles. The second kappa shape index (κ2) is 6.22. The summed E-state index contributed by atoms with van der Waals surface area (Å²) in [5, 5.41) is 17.7. The number of furan rings is 1. The third-order valence-corrected chi connectivity index (χ3v) is 4.44. The van der Waals surface area contributed by atoms with Crippen molar-refractivity contribution in [2.75, 3.05) is 13.2 Å². The van der Waals surface area contributed by atoms with Gasteiger partial charge in [0.15, 0.2) is 0 Å². The molecule has 0 bridgehead atoms. The SMILES string of the molecule is Cc1cc(-c2nnc(CN3CC(CO)CCC3C)o2)c(C)o1. The lowest BCUT2D eigenvalue weighted by Gasteiger charge is -2.36. The number of hydrogen-bond acceptors (Lipinski definition) is 6. The molecule has 0 radical (unpaired) electrons. The van der Waals surface area contributed by atoms with Crippen molar-refractivity contribution in [3.63, 3.8) is 0 Å². The standard InChI is InChI=1S/C16H23N3O3/c1-10-4-5-13(9-20)7-19(10)8-15-17-18-16(22-15)14-6-11(2)21-12(14)3/h6,10,13,20H,4-5,7-9H2,1-3H3. The van der Waals surface area contributed by atoms with Crippen LogP contribution in [0.4, 0.5) is 0 Å². The maximum absolute atomic E-state index is 9.36. The van der Waals surface area contributed by atoms with Gasteiger partial charge in [-0.05, 0) is 45.6 Å². The Bertz CT molecular complexity index is 634. The van der Waals surface area contributed by atoms with Gasteiger partial charge in [0.2, 0.25) is 5.89 Å². The van der Waals surface area contributed by atoms with Crippen LogP contribution in [0, 0.1) is 19.8 Å². The van der Waals surface area contributed by atoms with Gasteiger partial charge >= 0.3 is 0 Å². The first-order chi connectivity index (χ1) is 10.6. The molecule has 1 fully saturated rings. The Morgan fingerprint density at radius 2 is 2.09 bits per heavy atom. The molecule has 1 N–H and O–H groups in total. The number of rotatable bonds is 4. The first-order valence-corrected chi connectivity index (χ1v) is 7.81. The highest BCUT2D eigenvalue weighted by molar-refractivity contribution is 5.55. The maximum atomic E-state index is 9.36. The molecule has 0 aliphatic carbocycles. The van der Waals surface area contributed by atoms with Crippen molar-refractivity contribution in [3.05, 3.63) is 23.5 Å². The van der Waals surface area contributed by atoms with Gasteiger partial charge in [0.25, 0.3) is 5.89 Å². The van der Waals surface area contributed by atoms with Gasteiger partial charge in [-0.25, -0.2) is 0 Å². The average molecular weight is 305 g/mol. The van der Waals surface area contributed by atoms with Gasteiger partial charge in [-0.3, -0.25) is 4.90 Å². The molecule has 6 nitrogen and oxygen atoms in total. The highest BCUT2D eigenvalue weighted by Crippen LogP contribution is 2.27. The highest BCUT2D eigenvalue weighted by Gasteiger charge is 2.26. The molecule has 2 unspecified atom stereocenters. The molecule has 0 amide bonds. The largest absolute Gasteiger partial charge is 0.466 e. The van der Waals surface area contributed by atoms with Gasteiger partial charge in [-0.2, -0.15) is 0 Å². The van der Waals surface area contributed by atoms with E-state index in [0.717, 1.165) is 36.5 Å². The van der Waals surface area contributed by atoms with Crippen molar-refractivity contribution in [3.8, 4) is 11.5 Å². The van der Waals surface area contributed by atoms with E-state index in [0.29, 0.717) is 30.3 Å². The van der Waals surface area contributed by atoms with Crippen LogP contribution in [-0.2, 0) is 6.54 Å². The molecular weight excluding hydrogens is 282 g/mol. The van der Waals surface area contributed by atoms with E-state index in [1.807, 2.05) is 19.9 Å². The summed E-state index contributed by atoms with van der Waals surface area (Å²) in [5.74, 6) is 3.09. The molecule has 3 heterocycles. The molecule has 0 spiro atoms. The molecule has 1 aliphatic heterocycles. The number of likely N-dealkylation sites (tertiary alicyclic amines) is 1. The van der Waals surface area contributed by atoms with Gasteiger partial charge in [0, 0.05) is 19.2 Å². The van der Waals surface area contributed by atoms with E-state index in [9.17, 15) is 5.11 Å². The Kier molecular flexibility index (Phi) is 4.31. The topological polar surface area (TPSA) is 75.5 Å². The molecule has 2 aromatic rings. The van der Waals surface area contributed by atoms with Crippen molar-refractivity contribution < 1.29 is 13.9 Å². The monoisotopic (exact) mass is 305 g/mol. The summed E-state index contributed by atoms with van der Waals surface area (Å²) >= 11 is 0. The fourth-order valence-electron chi connectivity index (χ4n) is 3.07. The number of aliphatic hydroxyl groups is 1. The number of piperidine rings is 1. The van der Waals surface area contributed by atoms with Gasteiger partial charge in [-0.15, -0.1) is 10.2 Å². The van der Waals surface area contributed by atoms with Crippen molar-refractivity contribution in [2.24, 2.45) is 5.92 Å². The second-order valence-electron chi connectivity index (χ2n) is 6.23. The fourth-order valence-corrected chi connectivity index (χ4v) is 3.07. The molecular formula is C16H23N3O3.